The molecule has 1 aromatic heterocycles. The number of nitrogens with one attached hydrogen (secondary N) is 1. The van der Waals surface area contributed by atoms with Gasteiger partial charge in [0.25, 0.3) is 5.91 Å². The number of hydrogen-bond acceptors (Lipinski definition) is 3. The molecule has 0 spiro atoms. The van der Waals surface area contributed by atoms with Gasteiger partial charge in [-0.15, -0.1) is 0 Å². The maximum atomic E-state index is 12.8. The highest BCUT2D eigenvalue weighted by Crippen LogP contribution is 2.36. The van der Waals surface area contributed by atoms with Crippen LogP contribution in [-0.2, 0) is 12.8 Å². The number of rotatable bonds is 7. The summed E-state index contributed by atoms with van der Waals surface area (Å²) in [6.45, 7) is 12.0. The predicted octanol–water partition coefficient (Wildman–Crippen LogP) is 3.30. The molecule has 0 atom stereocenters. The van der Waals surface area contributed by atoms with Crippen LogP contribution in [0.5, 0.6) is 0 Å². The molecule has 0 radical (unpaired) electrons. The quantitative estimate of drug-likeness (QED) is 0.830. The molecular weight excluding hydrogens is 324 g/mol. The molecule has 1 aromatic carbocycles. The number of carbonyl (C=O) groups excluding carboxylic acids is 1. The Labute approximate surface area is 156 Å². The smallest absolute Gasteiger partial charge is 0.272 e. The van der Waals surface area contributed by atoms with E-state index in [2.05, 4.69) is 62.2 Å². The van der Waals surface area contributed by atoms with Gasteiger partial charge in [0.15, 0.2) is 5.69 Å². The molecule has 140 valence electrons. The summed E-state index contributed by atoms with van der Waals surface area (Å²) in [6, 6.07) is 8.69. The van der Waals surface area contributed by atoms with Gasteiger partial charge in [0, 0.05) is 30.3 Å². The summed E-state index contributed by atoms with van der Waals surface area (Å²) in [5.41, 5.74) is 5.38. The molecule has 5 nitrogen and oxygen atoms in total. The Kier molecular flexibility index (Phi) is 5.77. The van der Waals surface area contributed by atoms with Crippen LogP contribution in [0, 0.1) is 0 Å². The summed E-state index contributed by atoms with van der Waals surface area (Å²) in [4.78, 5) is 15.1. The van der Waals surface area contributed by atoms with E-state index in [1.807, 2.05) is 4.68 Å². The van der Waals surface area contributed by atoms with Crippen molar-refractivity contribution in [2.75, 3.05) is 26.2 Å². The fourth-order valence-corrected chi connectivity index (χ4v) is 3.73. The van der Waals surface area contributed by atoms with E-state index >= 15 is 0 Å². The van der Waals surface area contributed by atoms with Crippen LogP contribution in [0.15, 0.2) is 24.3 Å². The number of nitrogens with zero attached hydrogens (tertiary/aromatic N) is 3. The van der Waals surface area contributed by atoms with E-state index in [1.54, 1.807) is 0 Å². The van der Waals surface area contributed by atoms with Gasteiger partial charge in [-0.1, -0.05) is 38.1 Å². The Bertz CT molecular complexity index is 774. The average Bonchev–Trinajstić information content (AvgIpc) is 3.05. The number of aromatic nitrogens is 2. The maximum Gasteiger partial charge on any atom is 0.272 e. The lowest BCUT2D eigenvalue weighted by molar-refractivity contribution is 0.0942. The molecule has 0 saturated carbocycles. The maximum absolute atomic E-state index is 12.8. The molecule has 1 aliphatic carbocycles. The lowest BCUT2D eigenvalue weighted by Crippen LogP contribution is -2.35. The largest absolute Gasteiger partial charge is 0.349 e. The number of hydrogen-bond donors (Lipinski definition) is 1. The van der Waals surface area contributed by atoms with E-state index in [4.69, 9.17) is 5.10 Å². The van der Waals surface area contributed by atoms with E-state index in [9.17, 15) is 4.79 Å². The Morgan fingerprint density at radius 1 is 1.23 bits per heavy atom. The van der Waals surface area contributed by atoms with Crippen LogP contribution in [0.2, 0.25) is 0 Å². The SMILES string of the molecule is CCN(CC)CCNC(=O)c1nn(C(C)C)c2c1CCc1ccccc1-2. The zero-order chi connectivity index (χ0) is 18.7. The molecule has 2 aromatic rings. The molecular formula is C21H30N4O. The van der Waals surface area contributed by atoms with Crippen LogP contribution in [0.1, 0.15) is 55.4 Å². The number of fused-ring (bicyclic) bond motifs is 3. The average molecular weight is 354 g/mol. The summed E-state index contributed by atoms with van der Waals surface area (Å²) < 4.78 is 2.02. The Morgan fingerprint density at radius 3 is 2.65 bits per heavy atom. The van der Waals surface area contributed by atoms with E-state index in [-0.39, 0.29) is 11.9 Å². The van der Waals surface area contributed by atoms with Gasteiger partial charge in [0.2, 0.25) is 0 Å². The van der Waals surface area contributed by atoms with E-state index in [0.717, 1.165) is 43.7 Å². The van der Waals surface area contributed by atoms with Crippen molar-refractivity contribution in [1.29, 1.82) is 0 Å². The standard InChI is InChI=1S/C21H30N4O/c1-5-24(6-2)14-13-22-21(26)19-18-12-11-16-9-7-8-10-17(16)20(18)25(23-19)15(3)4/h7-10,15H,5-6,11-14H2,1-4H3,(H,22,26). The Hall–Kier alpha value is -2.14. The number of benzene rings is 1. The van der Waals surface area contributed by atoms with Gasteiger partial charge in [-0.2, -0.15) is 5.10 Å². The topological polar surface area (TPSA) is 50.2 Å². The summed E-state index contributed by atoms with van der Waals surface area (Å²) >= 11 is 0. The number of carbonyl (C=O) groups is 1. The summed E-state index contributed by atoms with van der Waals surface area (Å²) in [6.07, 6.45) is 1.84. The molecule has 0 aliphatic heterocycles. The lowest BCUT2D eigenvalue weighted by Gasteiger charge is -2.20. The third-order valence-electron chi connectivity index (χ3n) is 5.24. The molecule has 5 heteroatoms. The number of amides is 1. The van der Waals surface area contributed by atoms with E-state index < -0.39 is 0 Å². The number of aryl methyl sites for hydroxylation is 1. The highest BCUT2D eigenvalue weighted by atomic mass is 16.2. The van der Waals surface area contributed by atoms with Crippen molar-refractivity contribution >= 4 is 5.91 Å². The third kappa shape index (κ3) is 3.54. The van der Waals surface area contributed by atoms with Crippen LogP contribution in [0.3, 0.4) is 0 Å². The molecule has 0 fully saturated rings. The molecule has 1 N–H and O–H groups in total. The van der Waals surface area contributed by atoms with E-state index in [1.165, 1.54) is 11.1 Å². The van der Waals surface area contributed by atoms with Crippen molar-refractivity contribution in [1.82, 2.24) is 20.0 Å². The normalized spacial score (nSPS) is 13.0. The second-order valence-electron chi connectivity index (χ2n) is 7.15. The first kappa shape index (κ1) is 18.6. The fourth-order valence-electron chi connectivity index (χ4n) is 3.73. The molecule has 26 heavy (non-hydrogen) atoms. The highest BCUT2D eigenvalue weighted by Gasteiger charge is 2.28. The minimum Gasteiger partial charge on any atom is -0.349 e. The summed E-state index contributed by atoms with van der Waals surface area (Å²) in [5.74, 6) is -0.0489. The second-order valence-corrected chi connectivity index (χ2v) is 7.15. The van der Waals surface area contributed by atoms with Crippen LogP contribution in [-0.4, -0.2) is 46.8 Å². The van der Waals surface area contributed by atoms with Crippen LogP contribution < -0.4 is 5.32 Å². The van der Waals surface area contributed by atoms with Gasteiger partial charge in [-0.3, -0.25) is 9.48 Å². The zero-order valence-electron chi connectivity index (χ0n) is 16.4. The van der Waals surface area contributed by atoms with Gasteiger partial charge < -0.3 is 10.2 Å². The van der Waals surface area contributed by atoms with E-state index in [0.29, 0.717) is 12.2 Å². The Morgan fingerprint density at radius 2 is 1.96 bits per heavy atom. The van der Waals surface area contributed by atoms with Crippen molar-refractivity contribution < 1.29 is 4.79 Å². The molecule has 0 saturated heterocycles. The molecule has 3 rings (SSSR count). The first-order valence-electron chi connectivity index (χ1n) is 9.77. The van der Waals surface area contributed by atoms with Crippen molar-refractivity contribution in [2.45, 2.75) is 46.6 Å². The summed E-state index contributed by atoms with van der Waals surface area (Å²) in [7, 11) is 0. The fraction of sp³-hybridized carbons (Fsp3) is 0.524. The highest BCUT2D eigenvalue weighted by molar-refractivity contribution is 5.96. The van der Waals surface area contributed by atoms with Gasteiger partial charge in [-0.25, -0.2) is 0 Å². The molecule has 1 amide bonds. The van der Waals surface area contributed by atoms with Crippen LogP contribution in [0.4, 0.5) is 0 Å². The first-order valence-corrected chi connectivity index (χ1v) is 9.77. The predicted molar refractivity (Wildman–Crippen MR) is 106 cm³/mol. The van der Waals surface area contributed by atoms with Crippen LogP contribution in [0.25, 0.3) is 11.3 Å². The van der Waals surface area contributed by atoms with Crippen molar-refractivity contribution in [3.63, 3.8) is 0 Å². The van der Waals surface area contributed by atoms with Crippen molar-refractivity contribution in [3.8, 4) is 11.3 Å². The molecule has 1 heterocycles. The van der Waals surface area contributed by atoms with Gasteiger partial charge in [0.05, 0.1) is 5.69 Å². The third-order valence-corrected chi connectivity index (χ3v) is 5.24. The molecule has 1 aliphatic rings. The minimum atomic E-state index is -0.0489. The zero-order valence-corrected chi connectivity index (χ0v) is 16.4. The lowest BCUT2D eigenvalue weighted by atomic mass is 9.88. The van der Waals surface area contributed by atoms with Gasteiger partial charge in [-0.05, 0) is 45.3 Å². The van der Waals surface area contributed by atoms with Crippen molar-refractivity contribution in [2.24, 2.45) is 0 Å². The molecule has 0 bridgehead atoms. The van der Waals surface area contributed by atoms with Crippen molar-refractivity contribution in [3.05, 3.63) is 41.1 Å². The molecule has 0 unspecified atom stereocenters. The second kappa shape index (κ2) is 8.04. The first-order chi connectivity index (χ1) is 12.6. The van der Waals surface area contributed by atoms with Gasteiger partial charge >= 0.3 is 0 Å². The monoisotopic (exact) mass is 354 g/mol. The Balaban J connectivity index is 1.87. The van der Waals surface area contributed by atoms with Gasteiger partial charge in [0.1, 0.15) is 0 Å². The van der Waals surface area contributed by atoms with Crippen LogP contribution >= 0.6 is 0 Å². The number of likely N-dealkylation sites (N-methyl/N-ethyl adjacent to an activating group) is 1. The summed E-state index contributed by atoms with van der Waals surface area (Å²) in [5, 5.41) is 7.79. The minimum absolute atomic E-state index is 0.0489.